The number of ether oxygens (including phenoxy) is 3. The zero-order valence-electron chi connectivity index (χ0n) is 14.2. The van der Waals surface area contributed by atoms with Crippen molar-refractivity contribution in [2.75, 3.05) is 20.3 Å². The Bertz CT molecular complexity index is 554. The van der Waals surface area contributed by atoms with Gasteiger partial charge in [0.1, 0.15) is 5.75 Å². The van der Waals surface area contributed by atoms with Crippen LogP contribution in [-0.4, -0.2) is 31.5 Å². The second-order valence-electron chi connectivity index (χ2n) is 5.65. The fourth-order valence-electron chi connectivity index (χ4n) is 2.35. The number of hydrogen-bond acceptors (Lipinski definition) is 4. The van der Waals surface area contributed by atoms with Gasteiger partial charge in [-0.15, -0.1) is 0 Å². The third-order valence-electron chi connectivity index (χ3n) is 3.74. The van der Waals surface area contributed by atoms with E-state index in [-0.39, 0.29) is 12.7 Å². The van der Waals surface area contributed by atoms with Crippen molar-refractivity contribution in [3.8, 4) is 5.75 Å². The largest absolute Gasteiger partial charge is 0.497 e. The van der Waals surface area contributed by atoms with Gasteiger partial charge in [0.25, 0.3) is 0 Å². The van der Waals surface area contributed by atoms with Crippen LogP contribution in [0.2, 0.25) is 0 Å². The molecular formula is C20H26O4. The maximum atomic E-state index is 9.05. The van der Waals surface area contributed by atoms with Crippen LogP contribution in [0.5, 0.6) is 5.75 Å². The smallest absolute Gasteiger partial charge is 0.118 e. The SMILES string of the molecule is COc1ccc(CO[C@H](CCCO)COCc2ccccc2)cc1. The van der Waals surface area contributed by atoms with Crippen molar-refractivity contribution in [3.05, 3.63) is 65.7 Å². The molecule has 0 saturated carbocycles. The molecule has 0 aliphatic heterocycles. The number of methoxy groups -OCH3 is 1. The number of benzene rings is 2. The van der Waals surface area contributed by atoms with E-state index in [0.717, 1.165) is 23.3 Å². The topological polar surface area (TPSA) is 47.9 Å². The molecule has 130 valence electrons. The van der Waals surface area contributed by atoms with Crippen LogP contribution in [0.15, 0.2) is 54.6 Å². The van der Waals surface area contributed by atoms with E-state index in [4.69, 9.17) is 19.3 Å². The number of aliphatic hydroxyl groups is 1. The highest BCUT2D eigenvalue weighted by atomic mass is 16.5. The maximum Gasteiger partial charge on any atom is 0.118 e. The molecule has 0 fully saturated rings. The molecule has 0 unspecified atom stereocenters. The standard InChI is InChI=1S/C20H26O4/c1-22-19-11-9-18(10-12-19)15-24-20(8-5-13-21)16-23-14-17-6-3-2-4-7-17/h2-4,6-7,9-12,20-21H,5,8,13-16H2,1H3/t20-/m1/s1. The minimum absolute atomic E-state index is 0.0250. The zero-order chi connectivity index (χ0) is 17.0. The Labute approximate surface area is 144 Å². The third-order valence-corrected chi connectivity index (χ3v) is 3.74. The molecule has 1 atom stereocenters. The molecule has 0 bridgehead atoms. The van der Waals surface area contributed by atoms with Gasteiger partial charge >= 0.3 is 0 Å². The molecule has 4 nitrogen and oxygen atoms in total. The van der Waals surface area contributed by atoms with Gasteiger partial charge in [-0.3, -0.25) is 0 Å². The zero-order valence-corrected chi connectivity index (χ0v) is 14.2. The third kappa shape index (κ3) is 6.71. The van der Waals surface area contributed by atoms with Crippen LogP contribution in [-0.2, 0) is 22.7 Å². The average Bonchev–Trinajstić information content (AvgIpc) is 2.64. The van der Waals surface area contributed by atoms with E-state index in [9.17, 15) is 0 Å². The van der Waals surface area contributed by atoms with Gasteiger partial charge in [-0.05, 0) is 36.1 Å². The summed E-state index contributed by atoms with van der Waals surface area (Å²) < 4.78 is 16.9. The molecule has 0 aliphatic carbocycles. The highest BCUT2D eigenvalue weighted by Gasteiger charge is 2.10. The summed E-state index contributed by atoms with van der Waals surface area (Å²) in [4.78, 5) is 0. The van der Waals surface area contributed by atoms with Crippen LogP contribution in [0, 0.1) is 0 Å². The van der Waals surface area contributed by atoms with Gasteiger partial charge in [0.2, 0.25) is 0 Å². The lowest BCUT2D eigenvalue weighted by Crippen LogP contribution is -2.20. The predicted octanol–water partition coefficient (Wildman–Crippen LogP) is 3.57. The highest BCUT2D eigenvalue weighted by Crippen LogP contribution is 2.14. The normalized spacial score (nSPS) is 12.1. The van der Waals surface area contributed by atoms with Crippen molar-refractivity contribution < 1.29 is 19.3 Å². The first-order valence-corrected chi connectivity index (χ1v) is 8.29. The fourth-order valence-corrected chi connectivity index (χ4v) is 2.35. The van der Waals surface area contributed by atoms with E-state index in [1.165, 1.54) is 0 Å². The second-order valence-corrected chi connectivity index (χ2v) is 5.65. The summed E-state index contributed by atoms with van der Waals surface area (Å²) in [5.41, 5.74) is 2.24. The molecular weight excluding hydrogens is 304 g/mol. The number of aliphatic hydroxyl groups excluding tert-OH is 1. The second kappa shape index (κ2) is 10.8. The van der Waals surface area contributed by atoms with Crippen molar-refractivity contribution in [1.29, 1.82) is 0 Å². The monoisotopic (exact) mass is 330 g/mol. The molecule has 2 aromatic rings. The van der Waals surface area contributed by atoms with E-state index in [1.54, 1.807) is 7.11 Å². The van der Waals surface area contributed by atoms with E-state index in [0.29, 0.717) is 26.2 Å². The van der Waals surface area contributed by atoms with E-state index in [1.807, 2.05) is 54.6 Å². The van der Waals surface area contributed by atoms with Crippen molar-refractivity contribution in [3.63, 3.8) is 0 Å². The van der Waals surface area contributed by atoms with Gasteiger partial charge in [0.15, 0.2) is 0 Å². The van der Waals surface area contributed by atoms with Gasteiger partial charge in [0.05, 0.1) is 33.0 Å². The molecule has 0 amide bonds. The molecule has 2 rings (SSSR count). The molecule has 0 spiro atoms. The molecule has 0 aliphatic rings. The maximum absolute atomic E-state index is 9.05. The first-order chi connectivity index (χ1) is 11.8. The van der Waals surface area contributed by atoms with Gasteiger partial charge in [-0.2, -0.15) is 0 Å². The van der Waals surface area contributed by atoms with Crippen molar-refractivity contribution in [2.45, 2.75) is 32.2 Å². The number of hydrogen-bond donors (Lipinski definition) is 1. The Morgan fingerprint density at radius 2 is 1.62 bits per heavy atom. The Morgan fingerprint density at radius 3 is 2.29 bits per heavy atom. The van der Waals surface area contributed by atoms with Crippen LogP contribution >= 0.6 is 0 Å². The van der Waals surface area contributed by atoms with Crippen LogP contribution in [0.25, 0.3) is 0 Å². The average molecular weight is 330 g/mol. The Balaban J connectivity index is 1.78. The molecule has 24 heavy (non-hydrogen) atoms. The van der Waals surface area contributed by atoms with Crippen molar-refractivity contribution in [1.82, 2.24) is 0 Å². The summed E-state index contributed by atoms with van der Waals surface area (Å²) in [5, 5.41) is 9.05. The predicted molar refractivity (Wildman–Crippen MR) is 94.0 cm³/mol. The van der Waals surface area contributed by atoms with Gasteiger partial charge in [-0.1, -0.05) is 42.5 Å². The summed E-state index contributed by atoms with van der Waals surface area (Å²) in [7, 11) is 1.65. The Kier molecular flexibility index (Phi) is 8.32. The molecule has 4 heteroatoms. The first kappa shape index (κ1) is 18.5. The van der Waals surface area contributed by atoms with Gasteiger partial charge in [-0.25, -0.2) is 0 Å². The van der Waals surface area contributed by atoms with Crippen LogP contribution in [0.4, 0.5) is 0 Å². The van der Waals surface area contributed by atoms with Crippen molar-refractivity contribution in [2.24, 2.45) is 0 Å². The molecule has 1 N–H and O–H groups in total. The molecule has 0 saturated heterocycles. The van der Waals surface area contributed by atoms with Crippen molar-refractivity contribution >= 4 is 0 Å². The lowest BCUT2D eigenvalue weighted by molar-refractivity contribution is -0.0355. The van der Waals surface area contributed by atoms with Crippen LogP contribution in [0.1, 0.15) is 24.0 Å². The fraction of sp³-hybridized carbons (Fsp3) is 0.400. The highest BCUT2D eigenvalue weighted by molar-refractivity contribution is 5.26. The van der Waals surface area contributed by atoms with Crippen LogP contribution in [0.3, 0.4) is 0 Å². The van der Waals surface area contributed by atoms with E-state index in [2.05, 4.69) is 0 Å². The van der Waals surface area contributed by atoms with E-state index >= 15 is 0 Å². The Morgan fingerprint density at radius 1 is 0.917 bits per heavy atom. The lowest BCUT2D eigenvalue weighted by atomic mass is 10.2. The molecule has 0 heterocycles. The quantitative estimate of drug-likeness (QED) is 0.684. The first-order valence-electron chi connectivity index (χ1n) is 8.29. The minimum atomic E-state index is -0.0250. The summed E-state index contributed by atoms with van der Waals surface area (Å²) in [6.45, 7) is 1.78. The summed E-state index contributed by atoms with van der Waals surface area (Å²) in [6, 6.07) is 17.9. The Hall–Kier alpha value is -1.88. The molecule has 0 aromatic heterocycles. The van der Waals surface area contributed by atoms with E-state index < -0.39 is 0 Å². The lowest BCUT2D eigenvalue weighted by Gasteiger charge is -2.18. The molecule has 2 aromatic carbocycles. The molecule has 0 radical (unpaired) electrons. The summed E-state index contributed by atoms with van der Waals surface area (Å²) in [5.74, 6) is 0.835. The summed E-state index contributed by atoms with van der Waals surface area (Å²) in [6.07, 6.45) is 1.46. The summed E-state index contributed by atoms with van der Waals surface area (Å²) >= 11 is 0. The van der Waals surface area contributed by atoms with Crippen LogP contribution < -0.4 is 4.74 Å². The minimum Gasteiger partial charge on any atom is -0.497 e. The van der Waals surface area contributed by atoms with Gasteiger partial charge < -0.3 is 19.3 Å². The number of rotatable bonds is 11. The van der Waals surface area contributed by atoms with Gasteiger partial charge in [0, 0.05) is 6.61 Å².